The predicted octanol–water partition coefficient (Wildman–Crippen LogP) is 2.86. The first-order valence-corrected chi connectivity index (χ1v) is 6.43. The van der Waals surface area contributed by atoms with Crippen LogP contribution in [-0.4, -0.2) is 22.0 Å². The highest BCUT2D eigenvalue weighted by atomic mass is 79.9. The Labute approximate surface area is 115 Å². The number of hydrogen-bond donors (Lipinski definition) is 2. The molecule has 0 radical (unpaired) electrons. The molecule has 92 valence electrons. The van der Waals surface area contributed by atoms with Crippen LogP contribution in [0.4, 0.5) is 5.69 Å². The van der Waals surface area contributed by atoms with Gasteiger partial charge in [0.1, 0.15) is 5.69 Å². The highest BCUT2D eigenvalue weighted by Crippen LogP contribution is 2.23. The van der Waals surface area contributed by atoms with Gasteiger partial charge in [-0.05, 0) is 40.2 Å². The van der Waals surface area contributed by atoms with E-state index < -0.39 is 5.97 Å². The van der Waals surface area contributed by atoms with Gasteiger partial charge in [0.15, 0.2) is 0 Å². The van der Waals surface area contributed by atoms with Crippen molar-refractivity contribution >= 4 is 44.8 Å². The minimum Gasteiger partial charge on any atom is -0.477 e. The van der Waals surface area contributed by atoms with Crippen LogP contribution in [0.25, 0.3) is 0 Å². The smallest absolute Gasteiger partial charge is 0.354 e. The number of halogens is 1. The Morgan fingerprint density at radius 2 is 2.11 bits per heavy atom. The van der Waals surface area contributed by atoms with Crippen LogP contribution in [-0.2, 0) is 0 Å². The largest absolute Gasteiger partial charge is 0.477 e. The molecule has 0 saturated heterocycles. The van der Waals surface area contributed by atoms with Crippen molar-refractivity contribution in [2.45, 2.75) is 0 Å². The van der Waals surface area contributed by atoms with E-state index in [1.165, 1.54) is 29.7 Å². The summed E-state index contributed by atoms with van der Waals surface area (Å²) in [6.45, 7) is 0. The molecule has 1 amide bonds. The number of aromatic nitrogens is 1. The molecule has 0 aliphatic carbocycles. The van der Waals surface area contributed by atoms with Crippen molar-refractivity contribution in [1.29, 1.82) is 0 Å². The van der Waals surface area contributed by atoms with Crippen LogP contribution in [0.1, 0.15) is 20.2 Å². The summed E-state index contributed by atoms with van der Waals surface area (Å²) in [5.41, 5.74) is 0.289. The molecule has 0 bridgehead atoms. The second-order valence-corrected chi connectivity index (χ2v) is 5.76. The molecule has 0 atom stereocenters. The topological polar surface area (TPSA) is 79.3 Å². The molecular weight excluding hydrogens is 320 g/mol. The van der Waals surface area contributed by atoms with Crippen molar-refractivity contribution in [2.24, 2.45) is 0 Å². The standard InChI is InChI=1S/C11H7BrN2O3S/c12-9-2-1-8(18-9)10(15)14-6-3-4-13-7(5-6)11(16)17/h1-5H,(H,16,17)(H,13,14,15). The first-order chi connectivity index (χ1) is 8.56. The van der Waals surface area contributed by atoms with E-state index in [2.05, 4.69) is 26.2 Å². The van der Waals surface area contributed by atoms with Crippen molar-refractivity contribution in [3.8, 4) is 0 Å². The van der Waals surface area contributed by atoms with Crippen molar-refractivity contribution < 1.29 is 14.7 Å². The minimum atomic E-state index is -1.13. The number of amides is 1. The average molecular weight is 327 g/mol. The molecule has 0 aliphatic rings. The molecule has 2 rings (SSSR count). The molecule has 0 aromatic carbocycles. The molecule has 0 aliphatic heterocycles. The van der Waals surface area contributed by atoms with E-state index in [1.54, 1.807) is 12.1 Å². The Bertz CT molecular complexity index is 612. The summed E-state index contributed by atoms with van der Waals surface area (Å²) < 4.78 is 0.855. The van der Waals surface area contributed by atoms with Gasteiger partial charge in [-0.1, -0.05) is 0 Å². The van der Waals surface area contributed by atoms with E-state index in [1.807, 2.05) is 0 Å². The molecule has 0 fully saturated rings. The van der Waals surface area contributed by atoms with E-state index in [0.717, 1.165) is 3.79 Å². The molecular formula is C11H7BrN2O3S. The monoisotopic (exact) mass is 326 g/mol. The maximum absolute atomic E-state index is 11.8. The summed E-state index contributed by atoms with van der Waals surface area (Å²) in [7, 11) is 0. The number of hydrogen-bond acceptors (Lipinski definition) is 4. The van der Waals surface area contributed by atoms with Gasteiger partial charge in [-0.3, -0.25) is 4.79 Å². The summed E-state index contributed by atoms with van der Waals surface area (Å²) >= 11 is 4.57. The van der Waals surface area contributed by atoms with E-state index >= 15 is 0 Å². The third kappa shape index (κ3) is 2.93. The van der Waals surface area contributed by atoms with Gasteiger partial charge in [0.25, 0.3) is 5.91 Å². The molecule has 2 aromatic heterocycles. The number of nitrogens with one attached hydrogen (secondary N) is 1. The summed E-state index contributed by atoms with van der Waals surface area (Å²) in [5, 5.41) is 11.4. The zero-order valence-corrected chi connectivity index (χ0v) is 11.3. The Kier molecular flexibility index (Phi) is 3.73. The fraction of sp³-hybridized carbons (Fsp3) is 0. The molecule has 5 nitrogen and oxygen atoms in total. The zero-order valence-electron chi connectivity index (χ0n) is 8.88. The van der Waals surface area contributed by atoms with Crippen molar-refractivity contribution in [3.05, 3.63) is 44.8 Å². The first-order valence-electron chi connectivity index (χ1n) is 4.82. The lowest BCUT2D eigenvalue weighted by Gasteiger charge is -2.03. The van der Waals surface area contributed by atoms with Gasteiger partial charge in [-0.2, -0.15) is 0 Å². The summed E-state index contributed by atoms with van der Waals surface area (Å²) in [6, 6.07) is 6.30. The normalized spacial score (nSPS) is 10.1. The highest BCUT2D eigenvalue weighted by Gasteiger charge is 2.10. The molecule has 2 aromatic rings. The number of carbonyl (C=O) groups is 2. The zero-order chi connectivity index (χ0) is 13.1. The SMILES string of the molecule is O=C(O)c1cc(NC(=O)c2ccc(Br)s2)ccn1. The fourth-order valence-corrected chi connectivity index (χ4v) is 2.54. The molecule has 2 heterocycles. The van der Waals surface area contributed by atoms with Gasteiger partial charge < -0.3 is 10.4 Å². The number of aromatic carboxylic acids is 1. The Balaban J connectivity index is 2.16. The molecule has 0 unspecified atom stereocenters. The number of thiophene rings is 1. The average Bonchev–Trinajstić information content (AvgIpc) is 2.76. The number of nitrogens with zero attached hydrogens (tertiary/aromatic N) is 1. The van der Waals surface area contributed by atoms with Crippen molar-refractivity contribution in [3.63, 3.8) is 0 Å². The van der Waals surface area contributed by atoms with Crippen LogP contribution in [0.15, 0.2) is 34.2 Å². The highest BCUT2D eigenvalue weighted by molar-refractivity contribution is 9.11. The van der Waals surface area contributed by atoms with Gasteiger partial charge >= 0.3 is 5.97 Å². The van der Waals surface area contributed by atoms with Gasteiger partial charge in [0.05, 0.1) is 8.66 Å². The third-order valence-corrected chi connectivity index (χ3v) is 3.66. The number of rotatable bonds is 3. The molecule has 7 heteroatoms. The number of carbonyl (C=O) groups excluding carboxylic acids is 1. The molecule has 0 saturated carbocycles. The summed E-state index contributed by atoms with van der Waals surface area (Å²) in [4.78, 5) is 26.8. The van der Waals surface area contributed by atoms with Crippen LogP contribution in [0, 0.1) is 0 Å². The number of carboxylic acids is 1. The van der Waals surface area contributed by atoms with E-state index in [-0.39, 0.29) is 11.6 Å². The molecule has 18 heavy (non-hydrogen) atoms. The van der Waals surface area contributed by atoms with E-state index in [0.29, 0.717) is 10.6 Å². The van der Waals surface area contributed by atoms with E-state index in [4.69, 9.17) is 5.11 Å². The van der Waals surface area contributed by atoms with Crippen molar-refractivity contribution in [2.75, 3.05) is 5.32 Å². The Hall–Kier alpha value is -1.73. The minimum absolute atomic E-state index is 0.111. The van der Waals surface area contributed by atoms with Crippen molar-refractivity contribution in [1.82, 2.24) is 4.98 Å². The van der Waals surface area contributed by atoms with E-state index in [9.17, 15) is 9.59 Å². The number of anilines is 1. The van der Waals surface area contributed by atoms with Crippen LogP contribution in [0.2, 0.25) is 0 Å². The maximum Gasteiger partial charge on any atom is 0.354 e. The lowest BCUT2D eigenvalue weighted by Crippen LogP contribution is -2.11. The first kappa shape index (κ1) is 12.7. The number of pyridine rings is 1. The Morgan fingerprint density at radius 3 is 2.72 bits per heavy atom. The fourth-order valence-electron chi connectivity index (χ4n) is 1.25. The summed E-state index contributed by atoms with van der Waals surface area (Å²) in [5.74, 6) is -1.42. The lowest BCUT2D eigenvalue weighted by atomic mass is 10.3. The molecule has 0 spiro atoms. The van der Waals surface area contributed by atoms with Crippen LogP contribution < -0.4 is 5.32 Å². The second-order valence-electron chi connectivity index (χ2n) is 3.29. The van der Waals surface area contributed by atoms with Crippen LogP contribution in [0.5, 0.6) is 0 Å². The summed E-state index contributed by atoms with van der Waals surface area (Å²) in [6.07, 6.45) is 1.34. The van der Waals surface area contributed by atoms with Crippen LogP contribution in [0.3, 0.4) is 0 Å². The van der Waals surface area contributed by atoms with Gasteiger partial charge in [0, 0.05) is 11.9 Å². The molecule has 2 N–H and O–H groups in total. The predicted molar refractivity (Wildman–Crippen MR) is 71.2 cm³/mol. The third-order valence-electron chi connectivity index (χ3n) is 2.03. The second kappa shape index (κ2) is 5.28. The van der Waals surface area contributed by atoms with Crippen LogP contribution >= 0.6 is 27.3 Å². The van der Waals surface area contributed by atoms with Gasteiger partial charge in [-0.15, -0.1) is 11.3 Å². The van der Waals surface area contributed by atoms with Gasteiger partial charge in [-0.25, -0.2) is 9.78 Å². The maximum atomic E-state index is 11.8. The lowest BCUT2D eigenvalue weighted by molar-refractivity contribution is 0.0690. The Morgan fingerprint density at radius 1 is 1.33 bits per heavy atom. The number of carboxylic acid groups (broad SMARTS) is 1. The van der Waals surface area contributed by atoms with Gasteiger partial charge in [0.2, 0.25) is 0 Å². The quantitative estimate of drug-likeness (QED) is 0.908.